The Morgan fingerprint density at radius 1 is 1.40 bits per heavy atom. The third-order valence-corrected chi connectivity index (χ3v) is 3.66. The summed E-state index contributed by atoms with van der Waals surface area (Å²) in [5.41, 5.74) is 5.95. The number of nitrogens with one attached hydrogen (secondary N) is 1. The van der Waals surface area contributed by atoms with Gasteiger partial charge in [-0.2, -0.15) is 5.21 Å². The van der Waals surface area contributed by atoms with Gasteiger partial charge in [-0.15, -0.1) is 10.2 Å². The Balaban J connectivity index is 2.03. The summed E-state index contributed by atoms with van der Waals surface area (Å²) in [7, 11) is 0. The fraction of sp³-hybridized carbons (Fsp3) is 0.900. The molecule has 1 heterocycles. The highest BCUT2D eigenvalue weighted by Crippen LogP contribution is 2.38. The molecule has 15 heavy (non-hydrogen) atoms. The van der Waals surface area contributed by atoms with Crippen molar-refractivity contribution in [1.29, 1.82) is 0 Å². The van der Waals surface area contributed by atoms with E-state index in [0.717, 1.165) is 24.7 Å². The van der Waals surface area contributed by atoms with Crippen LogP contribution in [0.3, 0.4) is 0 Å². The highest BCUT2D eigenvalue weighted by molar-refractivity contribution is 5.03. The lowest BCUT2D eigenvalue weighted by Crippen LogP contribution is -2.42. The normalized spacial score (nSPS) is 32.1. The average molecular weight is 209 g/mol. The second-order valence-electron chi connectivity index (χ2n) is 4.97. The van der Waals surface area contributed by atoms with Crippen molar-refractivity contribution in [1.82, 2.24) is 20.6 Å². The summed E-state index contributed by atoms with van der Waals surface area (Å²) in [6.07, 6.45) is 4.27. The van der Waals surface area contributed by atoms with Crippen LogP contribution in [0.15, 0.2) is 0 Å². The van der Waals surface area contributed by atoms with Gasteiger partial charge in [0.15, 0.2) is 5.82 Å². The monoisotopic (exact) mass is 209 g/mol. The van der Waals surface area contributed by atoms with Crippen LogP contribution in [0, 0.1) is 11.8 Å². The molecule has 0 aromatic carbocycles. The van der Waals surface area contributed by atoms with E-state index in [4.69, 9.17) is 5.73 Å². The molecule has 0 aliphatic heterocycles. The number of nitrogens with two attached hydrogens (primary N) is 1. The molecule has 1 aliphatic carbocycles. The maximum atomic E-state index is 6.30. The molecule has 1 aromatic heterocycles. The summed E-state index contributed by atoms with van der Waals surface area (Å²) >= 11 is 0. The molecule has 3 N–H and O–H groups in total. The fourth-order valence-corrected chi connectivity index (χ4v) is 2.42. The number of aromatic amines is 1. The van der Waals surface area contributed by atoms with Crippen molar-refractivity contribution in [3.8, 4) is 0 Å². The van der Waals surface area contributed by atoms with Gasteiger partial charge >= 0.3 is 0 Å². The number of rotatable bonds is 2. The zero-order valence-corrected chi connectivity index (χ0v) is 9.40. The van der Waals surface area contributed by atoms with Crippen molar-refractivity contribution in [3.05, 3.63) is 5.82 Å². The van der Waals surface area contributed by atoms with Gasteiger partial charge in [0.2, 0.25) is 0 Å². The molecule has 0 amide bonds. The van der Waals surface area contributed by atoms with Gasteiger partial charge in [-0.3, -0.25) is 0 Å². The Hall–Kier alpha value is -0.970. The molecule has 5 nitrogen and oxygen atoms in total. The zero-order chi connectivity index (χ0) is 10.9. The average Bonchev–Trinajstić information content (AvgIpc) is 2.71. The van der Waals surface area contributed by atoms with Gasteiger partial charge < -0.3 is 5.73 Å². The maximum absolute atomic E-state index is 6.30. The summed E-state index contributed by atoms with van der Waals surface area (Å²) < 4.78 is 0. The molecule has 0 bridgehead atoms. The predicted molar refractivity (Wildman–Crippen MR) is 56.8 cm³/mol. The summed E-state index contributed by atoms with van der Waals surface area (Å²) in [5, 5.41) is 14.1. The van der Waals surface area contributed by atoms with E-state index in [1.807, 2.05) is 0 Å². The van der Waals surface area contributed by atoms with Gasteiger partial charge in [-0.05, 0) is 37.5 Å². The third-order valence-electron chi connectivity index (χ3n) is 3.66. The van der Waals surface area contributed by atoms with Crippen molar-refractivity contribution < 1.29 is 0 Å². The van der Waals surface area contributed by atoms with E-state index in [1.54, 1.807) is 0 Å². The molecule has 0 spiro atoms. The molecule has 1 saturated carbocycles. The molecule has 5 heteroatoms. The van der Waals surface area contributed by atoms with E-state index in [-0.39, 0.29) is 5.54 Å². The molecule has 1 aromatic rings. The number of aromatic nitrogens is 4. The quantitative estimate of drug-likeness (QED) is 0.767. The second-order valence-corrected chi connectivity index (χ2v) is 4.97. The largest absolute Gasteiger partial charge is 0.319 e. The topological polar surface area (TPSA) is 80.5 Å². The number of tetrazole rings is 1. The smallest absolute Gasteiger partial charge is 0.194 e. The minimum atomic E-state index is -0.349. The number of H-pyrrole nitrogens is 1. The van der Waals surface area contributed by atoms with Gasteiger partial charge in [0.05, 0.1) is 5.54 Å². The van der Waals surface area contributed by atoms with Crippen molar-refractivity contribution in [2.24, 2.45) is 17.6 Å². The number of nitrogens with zero attached hydrogens (tertiary/aromatic N) is 3. The summed E-state index contributed by atoms with van der Waals surface area (Å²) in [5.74, 6) is 2.22. The van der Waals surface area contributed by atoms with Crippen LogP contribution in [0.2, 0.25) is 0 Å². The molecule has 1 fully saturated rings. The molecule has 0 saturated heterocycles. The van der Waals surface area contributed by atoms with E-state index < -0.39 is 0 Å². The lowest BCUT2D eigenvalue weighted by atomic mass is 9.73. The van der Waals surface area contributed by atoms with Crippen molar-refractivity contribution in [2.75, 3.05) is 0 Å². The number of hydrogen-bond donors (Lipinski definition) is 2. The minimum absolute atomic E-state index is 0.349. The Labute approximate surface area is 89.8 Å². The lowest BCUT2D eigenvalue weighted by Gasteiger charge is -2.36. The summed E-state index contributed by atoms with van der Waals surface area (Å²) in [6.45, 7) is 4.56. The molecule has 2 rings (SSSR count). The first-order valence-corrected chi connectivity index (χ1v) is 5.64. The van der Waals surface area contributed by atoms with Crippen LogP contribution in [-0.2, 0) is 5.54 Å². The Bertz CT molecular complexity index is 298. The Morgan fingerprint density at radius 2 is 2.07 bits per heavy atom. The third kappa shape index (κ3) is 2.02. The first-order valence-electron chi connectivity index (χ1n) is 5.64. The molecular formula is C10H19N5. The van der Waals surface area contributed by atoms with Crippen LogP contribution in [0.5, 0.6) is 0 Å². The van der Waals surface area contributed by atoms with Crippen molar-refractivity contribution in [2.45, 2.75) is 45.1 Å². The van der Waals surface area contributed by atoms with E-state index in [9.17, 15) is 0 Å². The van der Waals surface area contributed by atoms with E-state index in [0.29, 0.717) is 5.82 Å². The SMILES string of the molecule is CC(C)C1CCC(N)(c2nn[nH]n2)CC1. The van der Waals surface area contributed by atoms with Crippen LogP contribution in [-0.4, -0.2) is 20.6 Å². The van der Waals surface area contributed by atoms with Crippen molar-refractivity contribution in [3.63, 3.8) is 0 Å². The minimum Gasteiger partial charge on any atom is -0.319 e. The van der Waals surface area contributed by atoms with Crippen LogP contribution in [0.25, 0.3) is 0 Å². The van der Waals surface area contributed by atoms with Gasteiger partial charge in [0.25, 0.3) is 0 Å². The first kappa shape index (κ1) is 10.5. The zero-order valence-electron chi connectivity index (χ0n) is 9.40. The van der Waals surface area contributed by atoms with E-state index in [2.05, 4.69) is 34.5 Å². The molecule has 0 radical (unpaired) electrons. The second kappa shape index (κ2) is 3.89. The standard InChI is InChI=1S/C10H19N5/c1-7(2)8-3-5-10(11,6-4-8)9-12-14-15-13-9/h7-8H,3-6,11H2,1-2H3,(H,12,13,14,15). The van der Waals surface area contributed by atoms with Gasteiger partial charge in [-0.25, -0.2) is 0 Å². The fourth-order valence-electron chi connectivity index (χ4n) is 2.42. The maximum Gasteiger partial charge on any atom is 0.194 e. The number of hydrogen-bond acceptors (Lipinski definition) is 4. The Morgan fingerprint density at radius 3 is 2.53 bits per heavy atom. The van der Waals surface area contributed by atoms with E-state index >= 15 is 0 Å². The molecule has 1 aliphatic rings. The van der Waals surface area contributed by atoms with Crippen molar-refractivity contribution >= 4 is 0 Å². The van der Waals surface area contributed by atoms with Gasteiger partial charge in [0.1, 0.15) is 0 Å². The summed E-state index contributed by atoms with van der Waals surface area (Å²) in [6, 6.07) is 0. The predicted octanol–water partition coefficient (Wildman–Crippen LogP) is 1.20. The van der Waals surface area contributed by atoms with E-state index in [1.165, 1.54) is 12.8 Å². The highest BCUT2D eigenvalue weighted by atomic mass is 15.5. The van der Waals surface area contributed by atoms with Crippen LogP contribution in [0.4, 0.5) is 0 Å². The molecule has 0 unspecified atom stereocenters. The van der Waals surface area contributed by atoms with Crippen LogP contribution < -0.4 is 5.73 Å². The highest BCUT2D eigenvalue weighted by Gasteiger charge is 2.37. The molecular weight excluding hydrogens is 190 g/mol. The Kier molecular flexibility index (Phi) is 2.73. The van der Waals surface area contributed by atoms with Gasteiger partial charge in [0, 0.05) is 0 Å². The van der Waals surface area contributed by atoms with Gasteiger partial charge in [-0.1, -0.05) is 19.1 Å². The van der Waals surface area contributed by atoms with Crippen LogP contribution in [0.1, 0.15) is 45.4 Å². The van der Waals surface area contributed by atoms with Crippen LogP contribution >= 0.6 is 0 Å². The first-order chi connectivity index (χ1) is 7.12. The molecule has 0 atom stereocenters. The molecule has 84 valence electrons. The lowest BCUT2D eigenvalue weighted by molar-refractivity contribution is 0.189. The summed E-state index contributed by atoms with van der Waals surface area (Å²) in [4.78, 5) is 0.